The quantitative estimate of drug-likeness (QED) is 0.624. The van der Waals surface area contributed by atoms with E-state index in [2.05, 4.69) is 28.2 Å². The monoisotopic (exact) mass is 445 g/mol. The van der Waals surface area contributed by atoms with Gasteiger partial charge in [-0.3, -0.25) is 9.69 Å². The second-order valence-electron chi connectivity index (χ2n) is 6.71. The third kappa shape index (κ3) is 6.33. The first-order valence-electron chi connectivity index (χ1n) is 9.08. The summed E-state index contributed by atoms with van der Waals surface area (Å²) < 4.78 is 27.2. The van der Waals surface area contributed by atoms with Crippen molar-refractivity contribution >= 4 is 37.5 Å². The van der Waals surface area contributed by atoms with E-state index >= 15 is 0 Å². The van der Waals surface area contributed by atoms with Crippen LogP contribution in [0.15, 0.2) is 22.7 Å². The Labute approximate surface area is 165 Å². The Morgan fingerprint density at radius 1 is 1.19 bits per heavy atom. The summed E-state index contributed by atoms with van der Waals surface area (Å²) in [5, 5.41) is 2.93. The lowest BCUT2D eigenvalue weighted by molar-refractivity contribution is -0.117. The zero-order valence-corrected chi connectivity index (χ0v) is 17.9. The molecule has 1 aromatic carbocycles. The average Bonchev–Trinajstić information content (AvgIpc) is 2.58. The largest absolute Gasteiger partial charge is 0.325 e. The summed E-state index contributed by atoms with van der Waals surface area (Å²) in [6.07, 6.45) is 2.67. The van der Waals surface area contributed by atoms with Crippen LogP contribution in [0.3, 0.4) is 0 Å². The van der Waals surface area contributed by atoms with E-state index in [9.17, 15) is 13.2 Å². The molecular formula is C18H28BrN3O3S. The molecule has 0 bridgehead atoms. The second kappa shape index (κ2) is 9.82. The molecule has 0 unspecified atom stereocenters. The van der Waals surface area contributed by atoms with Gasteiger partial charge in [-0.25, -0.2) is 8.42 Å². The van der Waals surface area contributed by atoms with E-state index in [0.717, 1.165) is 28.6 Å². The molecule has 1 aliphatic rings. The van der Waals surface area contributed by atoms with E-state index in [1.165, 1.54) is 0 Å². The Balaban J connectivity index is 1.80. The molecule has 1 N–H and O–H groups in total. The molecule has 0 atom stereocenters. The molecule has 8 heteroatoms. The predicted molar refractivity (Wildman–Crippen MR) is 109 cm³/mol. The summed E-state index contributed by atoms with van der Waals surface area (Å²) in [5.41, 5.74) is 1.80. The molecule has 26 heavy (non-hydrogen) atoms. The lowest BCUT2D eigenvalue weighted by atomic mass is 10.2. The molecule has 6 nitrogen and oxygen atoms in total. The van der Waals surface area contributed by atoms with Crippen LogP contribution in [0.2, 0.25) is 0 Å². The highest BCUT2D eigenvalue weighted by Gasteiger charge is 2.27. The first-order chi connectivity index (χ1) is 12.3. The van der Waals surface area contributed by atoms with Crippen LogP contribution in [-0.4, -0.2) is 62.0 Å². The fourth-order valence-corrected chi connectivity index (χ4v) is 5.01. The van der Waals surface area contributed by atoms with Gasteiger partial charge in [0.25, 0.3) is 0 Å². The van der Waals surface area contributed by atoms with Crippen LogP contribution in [0.1, 0.15) is 31.7 Å². The molecule has 0 aliphatic carbocycles. The van der Waals surface area contributed by atoms with Gasteiger partial charge in [-0.15, -0.1) is 0 Å². The number of aryl methyl sites for hydroxylation is 1. The lowest BCUT2D eigenvalue weighted by Crippen LogP contribution is -2.50. The maximum Gasteiger partial charge on any atom is 0.238 e. The van der Waals surface area contributed by atoms with Gasteiger partial charge in [0.1, 0.15) is 0 Å². The first-order valence-corrected chi connectivity index (χ1v) is 11.5. The zero-order chi connectivity index (χ0) is 19.2. The number of amides is 1. The highest BCUT2D eigenvalue weighted by Crippen LogP contribution is 2.20. The summed E-state index contributed by atoms with van der Waals surface area (Å²) in [6.45, 7) is 6.37. The first kappa shape index (κ1) is 21.3. The normalized spacial score (nSPS) is 16.6. The number of rotatable bonds is 8. The molecule has 1 aromatic rings. The molecule has 2 rings (SSSR count). The zero-order valence-electron chi connectivity index (χ0n) is 15.5. The van der Waals surface area contributed by atoms with Gasteiger partial charge in [0.05, 0.1) is 12.3 Å². The van der Waals surface area contributed by atoms with Gasteiger partial charge in [0.15, 0.2) is 0 Å². The van der Waals surface area contributed by atoms with Crippen molar-refractivity contribution in [2.24, 2.45) is 0 Å². The van der Waals surface area contributed by atoms with Crippen LogP contribution < -0.4 is 5.32 Å². The number of anilines is 1. The SMILES string of the molecule is CCCCCS(=O)(=O)N1CCN(CC(=O)Nc2ccc(Br)cc2C)CC1. The molecule has 146 valence electrons. The fourth-order valence-electron chi connectivity index (χ4n) is 2.99. The van der Waals surface area contributed by atoms with Gasteiger partial charge in [0.2, 0.25) is 15.9 Å². The molecule has 1 heterocycles. The average molecular weight is 446 g/mol. The van der Waals surface area contributed by atoms with E-state index in [1.807, 2.05) is 30.0 Å². The maximum atomic E-state index is 12.3. The molecule has 0 radical (unpaired) electrons. The molecular weight excluding hydrogens is 418 g/mol. The summed E-state index contributed by atoms with van der Waals surface area (Å²) in [7, 11) is -3.16. The molecule has 0 aromatic heterocycles. The van der Waals surface area contributed by atoms with Crippen LogP contribution in [-0.2, 0) is 14.8 Å². The highest BCUT2D eigenvalue weighted by atomic mass is 79.9. The van der Waals surface area contributed by atoms with E-state index in [-0.39, 0.29) is 18.2 Å². The Morgan fingerprint density at radius 2 is 1.88 bits per heavy atom. The van der Waals surface area contributed by atoms with Crippen LogP contribution in [0.4, 0.5) is 5.69 Å². The van der Waals surface area contributed by atoms with Crippen molar-refractivity contribution in [3.8, 4) is 0 Å². The minimum atomic E-state index is -3.16. The third-order valence-corrected chi connectivity index (χ3v) is 7.01. The number of hydrogen-bond acceptors (Lipinski definition) is 4. The minimum Gasteiger partial charge on any atom is -0.325 e. The number of nitrogens with one attached hydrogen (secondary N) is 1. The van der Waals surface area contributed by atoms with Crippen molar-refractivity contribution in [3.05, 3.63) is 28.2 Å². The number of carbonyl (C=O) groups is 1. The smallest absolute Gasteiger partial charge is 0.238 e. The van der Waals surface area contributed by atoms with Crippen molar-refractivity contribution in [1.29, 1.82) is 0 Å². The number of unbranched alkanes of at least 4 members (excludes halogenated alkanes) is 2. The number of hydrogen-bond donors (Lipinski definition) is 1. The summed E-state index contributed by atoms with van der Waals surface area (Å²) in [5.74, 6) is 0.152. The van der Waals surface area contributed by atoms with Crippen molar-refractivity contribution in [3.63, 3.8) is 0 Å². The molecule has 0 saturated carbocycles. The van der Waals surface area contributed by atoms with Crippen molar-refractivity contribution in [2.75, 3.05) is 43.8 Å². The second-order valence-corrected chi connectivity index (χ2v) is 9.71. The van der Waals surface area contributed by atoms with Crippen LogP contribution in [0.25, 0.3) is 0 Å². The fraction of sp³-hybridized carbons (Fsp3) is 0.611. The van der Waals surface area contributed by atoms with Crippen LogP contribution in [0.5, 0.6) is 0 Å². The topological polar surface area (TPSA) is 69.7 Å². The predicted octanol–water partition coefficient (Wildman–Crippen LogP) is 2.83. The number of nitrogens with zero attached hydrogens (tertiary/aromatic N) is 2. The third-order valence-electron chi connectivity index (χ3n) is 4.56. The summed E-state index contributed by atoms with van der Waals surface area (Å²) in [4.78, 5) is 14.3. The van der Waals surface area contributed by atoms with Crippen LogP contribution in [0, 0.1) is 6.92 Å². The van der Waals surface area contributed by atoms with E-state index in [4.69, 9.17) is 0 Å². The number of halogens is 1. The molecule has 0 spiro atoms. The van der Waals surface area contributed by atoms with Gasteiger partial charge >= 0.3 is 0 Å². The minimum absolute atomic E-state index is 0.0744. The van der Waals surface area contributed by atoms with Gasteiger partial charge in [-0.05, 0) is 37.1 Å². The molecule has 1 saturated heterocycles. The number of piperazine rings is 1. The van der Waals surface area contributed by atoms with E-state index in [0.29, 0.717) is 32.6 Å². The Morgan fingerprint density at radius 3 is 2.50 bits per heavy atom. The molecule has 1 aliphatic heterocycles. The lowest BCUT2D eigenvalue weighted by Gasteiger charge is -2.33. The van der Waals surface area contributed by atoms with Crippen LogP contribution >= 0.6 is 15.9 Å². The van der Waals surface area contributed by atoms with E-state index < -0.39 is 10.0 Å². The molecule has 1 fully saturated rings. The molecule has 1 amide bonds. The Bertz CT molecular complexity index is 716. The summed E-state index contributed by atoms with van der Waals surface area (Å²) >= 11 is 3.41. The number of sulfonamides is 1. The van der Waals surface area contributed by atoms with Gasteiger partial charge in [0, 0.05) is 36.3 Å². The van der Waals surface area contributed by atoms with Crippen molar-refractivity contribution in [1.82, 2.24) is 9.21 Å². The maximum absolute atomic E-state index is 12.3. The Kier molecular flexibility index (Phi) is 8.06. The van der Waals surface area contributed by atoms with Gasteiger partial charge in [-0.1, -0.05) is 35.7 Å². The van der Waals surface area contributed by atoms with Gasteiger partial charge < -0.3 is 5.32 Å². The Hall–Kier alpha value is -0.960. The highest BCUT2D eigenvalue weighted by molar-refractivity contribution is 9.10. The standard InChI is InChI=1S/C18H28BrN3O3S/c1-3-4-5-12-26(24,25)22-10-8-21(9-11-22)14-18(23)20-17-7-6-16(19)13-15(17)2/h6-7,13H,3-5,8-12,14H2,1-2H3,(H,20,23). The van der Waals surface area contributed by atoms with Crippen molar-refractivity contribution < 1.29 is 13.2 Å². The number of carbonyl (C=O) groups excluding carboxylic acids is 1. The summed E-state index contributed by atoms with van der Waals surface area (Å²) in [6, 6.07) is 5.72. The van der Waals surface area contributed by atoms with Gasteiger partial charge in [-0.2, -0.15) is 4.31 Å². The van der Waals surface area contributed by atoms with E-state index in [1.54, 1.807) is 4.31 Å². The van der Waals surface area contributed by atoms with Crippen molar-refractivity contribution in [2.45, 2.75) is 33.1 Å². The number of benzene rings is 1.